The Kier molecular flexibility index (Phi) is 27.1. The molecular weight excluding hydrogens is 1700 g/mol. The molecule has 0 saturated carbocycles. The molecule has 38 heteroatoms. The van der Waals surface area contributed by atoms with Crippen molar-refractivity contribution in [3.8, 4) is 35.5 Å². The zero-order valence-electron chi connectivity index (χ0n) is 79.2. The van der Waals surface area contributed by atoms with Gasteiger partial charge in [-0.25, -0.2) is 39.5 Å². The first-order valence-corrected chi connectivity index (χ1v) is 54.4. The molecule has 34 nitrogen and oxygen atoms in total. The monoisotopic (exact) mass is 1830 g/mol. The van der Waals surface area contributed by atoms with Gasteiger partial charge in [0.05, 0.1) is 6.61 Å². The van der Waals surface area contributed by atoms with Gasteiger partial charge in [-0.1, -0.05) is 163 Å². The lowest BCUT2D eigenvalue weighted by Gasteiger charge is -2.45. The van der Waals surface area contributed by atoms with E-state index in [1.165, 1.54) is 40.1 Å². The molecule has 8 fully saturated rings. The quantitative estimate of drug-likeness (QED) is 0.0262. The number of rotatable bonds is 28. The zero-order valence-corrected chi connectivity index (χ0v) is 83.2. The Balaban J connectivity index is 0.898. The molecule has 0 amide bonds. The molecule has 127 heavy (non-hydrogen) atoms. The van der Waals surface area contributed by atoms with Crippen molar-refractivity contribution in [2.75, 3.05) is 18.1 Å². The number of fused-ring (bicyclic) bond motifs is 6. The average molecular weight is 1830 g/mol. The number of imidazole rings is 2. The lowest BCUT2D eigenvalue weighted by atomic mass is 10.1. The first-order valence-electron chi connectivity index (χ1n) is 45.4. The summed E-state index contributed by atoms with van der Waals surface area (Å²) in [5.41, 5.74) is 11.9. The van der Waals surface area contributed by atoms with Gasteiger partial charge in [0.15, 0.2) is 102 Å². The number of hydrogen-bond donors (Lipinski definition) is 4. The number of nitrogens with two attached hydrogens (primary N) is 2. The van der Waals surface area contributed by atoms with Crippen LogP contribution in [0.15, 0.2) is 50.2 Å². The number of aromatic nitrogens is 12. The molecule has 0 unspecified atom stereocenters. The molecule has 6 aromatic rings. The molecule has 14 rings (SSSR count). The van der Waals surface area contributed by atoms with Crippen LogP contribution in [0.4, 0.5) is 11.6 Å². The van der Waals surface area contributed by atoms with Crippen LogP contribution in [0.5, 0.6) is 0 Å². The van der Waals surface area contributed by atoms with Crippen molar-refractivity contribution in [1.82, 2.24) is 58.1 Å². The standard InChI is InChI=1S/C89H134N14O20Si4/c1-30-124(31-2,32-3)108-42-58-68-72(117-86(22,23)113-68)82(109-58)102-59(96-63-76(90)92-43-94-78(63)102)37-35-57(123-127(51(16)17,52(18)19)53(20)21)67-71-75(120-89(28,29)116-71)83(112-67)103-60(97-64-77(91)93-44-95-79(64)103)38-36-56(122-126(48(10)11,49(12)13)50(14)15)66-70-74(119-88(26,27)115-70)81(111-66)101-54(41-62(105)99-85(101)107)33-34-55(121-125(45(4)5,46(6)7)47(8)9)65-69-73(118-87(24,25)114-69)80(110-65)100-40-39-61(104)98-84(100)106/h39-41,43-53,55-58,65-75,80-83H,30-32,42H2,1-29H3,(H2,90,92,94)(H2,91,93,95)(H,98,104,106)(H,99,105,107)/t55-,56-,57-,58-,65-,66-,67-,68-,69-,70-,71-,72-,73-,74-,75-,80-,81-,82-,83-/m1/s1. The second-order valence-electron chi connectivity index (χ2n) is 39.9. The van der Waals surface area contributed by atoms with E-state index in [9.17, 15) is 14.4 Å². The van der Waals surface area contributed by atoms with Gasteiger partial charge in [-0.2, -0.15) is 0 Å². The van der Waals surface area contributed by atoms with Crippen LogP contribution >= 0.6 is 0 Å². The number of aromatic amines is 2. The van der Waals surface area contributed by atoms with E-state index in [0.29, 0.717) is 11.2 Å². The SMILES string of the molecule is CC[Si](CC)(CC)OC[C@H]1O[C@@H](n2c(C#C[C@@H](O[Si](C(C)C)(C(C)C)C(C)C)[C@H]3O[C@@H](n4c(C#C[C@@H](O[Si](C(C)C)(C(C)C)C(C)C)[C@H]5O[C@@H](n6c(C#C[C@@H](O[Si](C(C)C)(C(C)C)C(C)C)[C@H]7O[C@@H](n8ccc(=O)[nH]c8=O)[C@@H]8OC(C)(C)O[C@@H]87)cc(=O)[nH]c6=O)[C@@H]6OC(C)(C)O[C@@H]65)nc5c(N)ncnc54)[C@@H]4OC(C)(C)O[C@@H]43)nc3c(N)ncnc32)[C@@H]2OC(C)(C)O[C@@H]21. The summed E-state index contributed by atoms with van der Waals surface area (Å²) in [6.07, 6.45) is -14.6. The van der Waals surface area contributed by atoms with Crippen molar-refractivity contribution in [3.63, 3.8) is 0 Å². The summed E-state index contributed by atoms with van der Waals surface area (Å²) in [6.45, 7) is 60.5. The smallest absolute Gasteiger partial charge is 0.331 e. The topological polar surface area (TPSA) is 397 Å². The van der Waals surface area contributed by atoms with E-state index in [2.05, 4.69) is 201 Å². The van der Waals surface area contributed by atoms with Crippen LogP contribution in [0.3, 0.4) is 0 Å². The second-order valence-corrected chi connectivity index (χ2v) is 60.9. The van der Waals surface area contributed by atoms with Crippen molar-refractivity contribution in [2.24, 2.45) is 0 Å². The highest BCUT2D eigenvalue weighted by atomic mass is 28.4. The van der Waals surface area contributed by atoms with Gasteiger partial charge in [0, 0.05) is 18.3 Å². The van der Waals surface area contributed by atoms with Crippen LogP contribution in [0.25, 0.3) is 22.3 Å². The summed E-state index contributed by atoms with van der Waals surface area (Å²) in [5, 5.41) is 0. The Morgan fingerprint density at radius 2 is 0.756 bits per heavy atom. The third-order valence-electron chi connectivity index (χ3n) is 27.7. The van der Waals surface area contributed by atoms with E-state index in [-0.39, 0.29) is 96.6 Å². The first-order chi connectivity index (χ1) is 59.5. The molecule has 19 atom stereocenters. The predicted octanol–water partition coefficient (Wildman–Crippen LogP) is 12.4. The second kappa shape index (κ2) is 35.8. The maximum atomic E-state index is 15.3. The Labute approximate surface area is 747 Å². The van der Waals surface area contributed by atoms with Crippen LogP contribution in [0.1, 0.15) is 243 Å². The largest absolute Gasteiger partial charge is 0.414 e. The Bertz CT molecular complexity index is 5420. The molecule has 0 aliphatic carbocycles. The fraction of sp³-hybridized carbons (Fsp3) is 0.730. The molecule has 0 aromatic carbocycles. The predicted molar refractivity (Wildman–Crippen MR) is 485 cm³/mol. The average Bonchev–Trinajstić information content (AvgIpc) is 1.58. The van der Waals surface area contributed by atoms with Crippen LogP contribution in [-0.4, -0.2) is 213 Å². The first kappa shape index (κ1) is 96.0. The minimum atomic E-state index is -3.09. The summed E-state index contributed by atoms with van der Waals surface area (Å²) >= 11 is 0. The number of nitrogens with one attached hydrogen (secondary N) is 2. The van der Waals surface area contributed by atoms with Crippen LogP contribution in [-0.2, 0) is 74.5 Å². The van der Waals surface area contributed by atoms with Gasteiger partial charge in [-0.05, 0) is 141 Å². The van der Waals surface area contributed by atoms with Crippen molar-refractivity contribution in [1.29, 1.82) is 0 Å². The van der Waals surface area contributed by atoms with Gasteiger partial charge in [-0.3, -0.25) is 37.8 Å². The van der Waals surface area contributed by atoms with Crippen molar-refractivity contribution >= 4 is 67.2 Å². The summed E-state index contributed by atoms with van der Waals surface area (Å²) in [6, 6.07) is 5.29. The number of H-pyrrole nitrogens is 2. The summed E-state index contributed by atoms with van der Waals surface area (Å²) in [7, 11) is -11.2. The van der Waals surface area contributed by atoms with E-state index in [0.717, 1.165) is 18.1 Å². The highest BCUT2D eigenvalue weighted by Gasteiger charge is 2.65. The Morgan fingerprint density at radius 1 is 0.425 bits per heavy atom. The normalized spacial score (nSPS) is 28.6. The van der Waals surface area contributed by atoms with Crippen molar-refractivity contribution in [3.05, 3.63) is 90.0 Å². The molecule has 6 N–H and O–H groups in total. The van der Waals surface area contributed by atoms with Crippen molar-refractivity contribution < 1.29 is 74.5 Å². The fourth-order valence-corrected chi connectivity index (χ4v) is 41.3. The summed E-state index contributed by atoms with van der Waals surface area (Å²) in [5.74, 6) is 16.8. The maximum absolute atomic E-state index is 15.3. The van der Waals surface area contributed by atoms with Gasteiger partial charge >= 0.3 is 11.4 Å². The summed E-state index contributed by atoms with van der Waals surface area (Å²) < 4.78 is 121. The van der Waals surface area contributed by atoms with Gasteiger partial charge in [0.25, 0.3) is 11.1 Å². The number of anilines is 2. The number of hydrogen-bond acceptors (Lipinski definition) is 28. The Morgan fingerprint density at radius 3 is 1.13 bits per heavy atom. The van der Waals surface area contributed by atoms with Crippen LogP contribution in [0.2, 0.25) is 68.0 Å². The highest BCUT2D eigenvalue weighted by molar-refractivity contribution is 6.78. The van der Waals surface area contributed by atoms with E-state index < -0.39 is 195 Å². The highest BCUT2D eigenvalue weighted by Crippen LogP contribution is 2.54. The molecule has 0 spiro atoms. The van der Waals surface area contributed by atoms with Gasteiger partial charge in [0.2, 0.25) is 25.0 Å². The third-order valence-corrected chi connectivity index (χ3v) is 50.6. The fourth-order valence-electron chi connectivity index (χ4n) is 22.3. The molecule has 14 heterocycles. The Hall–Kier alpha value is -7.03. The molecular formula is C89H134N14O20Si4. The number of nitrogens with zero attached hydrogens (tertiary/aromatic N) is 10. The molecule has 696 valence electrons. The molecule has 8 aliphatic rings. The third kappa shape index (κ3) is 17.5. The van der Waals surface area contributed by atoms with Crippen LogP contribution < -0.4 is 34.0 Å². The zero-order chi connectivity index (χ0) is 92.6. The maximum Gasteiger partial charge on any atom is 0.331 e. The lowest BCUT2D eigenvalue weighted by Crippen LogP contribution is -2.53. The molecule has 0 radical (unpaired) electrons. The number of nitrogen functional groups attached to an aromatic ring is 2. The van der Waals surface area contributed by atoms with Gasteiger partial charge < -0.3 is 86.0 Å². The van der Waals surface area contributed by atoms with E-state index in [1.807, 2.05) is 32.3 Å². The van der Waals surface area contributed by atoms with E-state index in [4.69, 9.17) is 106 Å². The number of ether oxygens (including phenoxy) is 12. The van der Waals surface area contributed by atoms with Gasteiger partial charge in [-0.15, -0.1) is 0 Å². The van der Waals surface area contributed by atoms with Crippen LogP contribution in [0, 0.1) is 35.5 Å². The minimum absolute atomic E-state index is 0.0152. The summed E-state index contributed by atoms with van der Waals surface area (Å²) in [4.78, 5) is 89.4. The van der Waals surface area contributed by atoms with E-state index in [1.54, 1.807) is 32.3 Å². The molecule has 6 aromatic heterocycles. The van der Waals surface area contributed by atoms with Crippen molar-refractivity contribution in [2.45, 2.75) is 408 Å². The molecule has 8 saturated heterocycles. The van der Waals surface area contributed by atoms with Gasteiger partial charge in [0.1, 0.15) is 110 Å². The minimum Gasteiger partial charge on any atom is -0.414 e. The lowest BCUT2D eigenvalue weighted by molar-refractivity contribution is -0.204. The molecule has 0 bridgehead atoms. The molecule has 8 aliphatic heterocycles. The van der Waals surface area contributed by atoms with E-state index >= 15 is 4.79 Å².